The molecule has 0 radical (unpaired) electrons. The van der Waals surface area contributed by atoms with Crippen LogP contribution in [-0.2, 0) is 24.5 Å². The molecule has 2 saturated heterocycles. The predicted molar refractivity (Wildman–Crippen MR) is 255 cm³/mol. The molecule has 7 fully saturated rings. The van der Waals surface area contributed by atoms with Gasteiger partial charge in [-0.3, -0.25) is 9.59 Å². The number of aromatic nitrogens is 2. The molecule has 0 aromatic carbocycles. The monoisotopic (exact) mass is 963 g/mol. The number of carbonyl (C=O) groups is 2. The van der Waals surface area contributed by atoms with Crippen molar-refractivity contribution in [1.29, 1.82) is 0 Å². The number of nitrogens with two attached hydrogens (primary N) is 1. The molecular weight excluding hydrogens is 881 g/mol. The molecule has 15 nitrogen and oxygen atoms in total. The Bertz CT molecular complexity index is 2150. The third kappa shape index (κ3) is 6.99. The maximum Gasteiger partial charge on any atom is 0.310 e. The zero-order valence-corrected chi connectivity index (χ0v) is 41.4. The first-order valence-electron chi connectivity index (χ1n) is 26.7. The molecule has 20 unspecified atom stereocenters. The summed E-state index contributed by atoms with van der Waals surface area (Å²) in [7, 11) is 0. The summed E-state index contributed by atoms with van der Waals surface area (Å²) in [5.74, 6) is -2.28. The molecule has 10 rings (SSSR count). The normalized spacial score (nSPS) is 50.7. The fourth-order valence-corrected chi connectivity index (χ4v) is 18.6. The van der Waals surface area contributed by atoms with Gasteiger partial charge in [0.25, 0.3) is 0 Å². The number of amides is 1. The van der Waals surface area contributed by atoms with Crippen molar-refractivity contribution in [2.45, 2.75) is 179 Å². The summed E-state index contributed by atoms with van der Waals surface area (Å²) < 4.78 is 12.8. The zero-order chi connectivity index (χ0) is 49.1. The van der Waals surface area contributed by atoms with Crippen LogP contribution in [0.2, 0.25) is 0 Å². The van der Waals surface area contributed by atoms with E-state index in [-0.39, 0.29) is 79.1 Å². The van der Waals surface area contributed by atoms with Crippen molar-refractivity contribution >= 4 is 11.9 Å². The van der Waals surface area contributed by atoms with Crippen LogP contribution in [-0.4, -0.2) is 127 Å². The lowest BCUT2D eigenvalue weighted by Crippen LogP contribution is -2.76. The Morgan fingerprint density at radius 3 is 2.38 bits per heavy atom. The largest absolute Gasteiger partial charge is 0.481 e. The SMILES string of the molecule is CC1(CO)CCC2(C(=O)O)CCC3(C)C(=CCC4C5(C6CCCCC6)C(C6C=CC(CCCN)(c7cnc[nH]7)C7NC(=O)CC67)C(O)C(OC6OCC(O)C(O)C6O)C(C)(CO)C5CCC43C)C2C1. The van der Waals surface area contributed by atoms with E-state index in [2.05, 4.69) is 54.3 Å². The van der Waals surface area contributed by atoms with E-state index in [1.54, 1.807) is 6.33 Å². The molecule has 2 aliphatic heterocycles. The maximum absolute atomic E-state index is 14.2. The topological polar surface area (TPSA) is 261 Å². The summed E-state index contributed by atoms with van der Waals surface area (Å²) in [5.41, 5.74) is 3.87. The molecule has 9 aliphatic rings. The number of H-pyrrole nitrogens is 1. The van der Waals surface area contributed by atoms with Crippen molar-refractivity contribution in [3.63, 3.8) is 0 Å². The molecule has 7 aliphatic carbocycles. The first-order valence-corrected chi connectivity index (χ1v) is 26.7. The summed E-state index contributed by atoms with van der Waals surface area (Å²) in [4.78, 5) is 35.6. The summed E-state index contributed by atoms with van der Waals surface area (Å²) >= 11 is 0. The van der Waals surface area contributed by atoms with Crippen LogP contribution in [0.15, 0.2) is 36.3 Å². The molecule has 69 heavy (non-hydrogen) atoms. The molecule has 1 aromatic rings. The van der Waals surface area contributed by atoms with E-state index in [1.807, 2.05) is 13.1 Å². The predicted octanol–water partition coefficient (Wildman–Crippen LogP) is 4.49. The smallest absolute Gasteiger partial charge is 0.310 e. The average molecular weight is 963 g/mol. The minimum atomic E-state index is -1.62. The second-order valence-electron chi connectivity index (χ2n) is 25.0. The van der Waals surface area contributed by atoms with Crippen LogP contribution in [0.4, 0.5) is 0 Å². The number of allylic oxidation sites excluding steroid dienone is 3. The van der Waals surface area contributed by atoms with Crippen molar-refractivity contribution < 1.29 is 54.8 Å². The van der Waals surface area contributed by atoms with E-state index >= 15 is 0 Å². The van der Waals surface area contributed by atoms with Crippen LogP contribution >= 0.6 is 0 Å². The molecule has 15 heteroatoms. The molecular formula is C54H82N4O11. The highest BCUT2D eigenvalue weighted by Crippen LogP contribution is 2.80. The Morgan fingerprint density at radius 1 is 0.942 bits per heavy atom. The van der Waals surface area contributed by atoms with Crippen LogP contribution in [0.3, 0.4) is 0 Å². The molecule has 384 valence electrons. The number of aliphatic hydroxyl groups excluding tert-OH is 6. The Hall–Kier alpha value is -2.73. The molecule has 1 amide bonds. The average Bonchev–Trinajstić information content (AvgIpc) is 4.04. The lowest BCUT2D eigenvalue weighted by Gasteiger charge is -2.76. The van der Waals surface area contributed by atoms with Crippen LogP contribution < -0.4 is 11.1 Å². The van der Waals surface area contributed by atoms with Crippen LogP contribution in [0, 0.1) is 73.9 Å². The van der Waals surface area contributed by atoms with Crippen LogP contribution in [0.1, 0.15) is 136 Å². The minimum Gasteiger partial charge on any atom is -0.481 e. The van der Waals surface area contributed by atoms with Gasteiger partial charge in [0, 0.05) is 42.3 Å². The van der Waals surface area contributed by atoms with Gasteiger partial charge >= 0.3 is 5.97 Å². The van der Waals surface area contributed by atoms with Gasteiger partial charge in [0.2, 0.25) is 5.91 Å². The van der Waals surface area contributed by atoms with Crippen molar-refractivity contribution in [2.24, 2.45) is 79.6 Å². The van der Waals surface area contributed by atoms with Gasteiger partial charge in [-0.25, -0.2) is 4.98 Å². The Morgan fingerprint density at radius 2 is 1.70 bits per heavy atom. The number of nitrogens with zero attached hydrogens (tertiary/aromatic N) is 1. The van der Waals surface area contributed by atoms with E-state index in [1.165, 1.54) is 5.57 Å². The highest BCUT2D eigenvalue weighted by molar-refractivity contribution is 5.80. The van der Waals surface area contributed by atoms with Crippen molar-refractivity contribution in [1.82, 2.24) is 15.3 Å². The number of ether oxygens (including phenoxy) is 2. The lowest BCUT2D eigenvalue weighted by molar-refractivity contribution is -0.353. The number of carbonyl (C=O) groups excluding carboxylic acids is 1. The van der Waals surface area contributed by atoms with Crippen LogP contribution in [0.25, 0.3) is 0 Å². The minimum absolute atomic E-state index is 0.00286. The van der Waals surface area contributed by atoms with Gasteiger partial charge in [-0.2, -0.15) is 0 Å². The van der Waals surface area contributed by atoms with Gasteiger partial charge in [-0.1, -0.05) is 70.8 Å². The van der Waals surface area contributed by atoms with E-state index in [9.17, 15) is 45.3 Å². The molecule has 0 spiro atoms. The Balaban J connectivity index is 1.20. The molecule has 5 saturated carbocycles. The number of carboxylic acids is 1. The Kier molecular flexibility index (Phi) is 12.8. The summed E-state index contributed by atoms with van der Waals surface area (Å²) in [6.07, 6.45) is 14.1. The van der Waals surface area contributed by atoms with Crippen molar-refractivity contribution in [3.8, 4) is 0 Å². The van der Waals surface area contributed by atoms with E-state index < -0.39 is 81.2 Å². The number of aliphatic carboxylic acids is 1. The van der Waals surface area contributed by atoms with Gasteiger partial charge in [-0.15, -0.1) is 0 Å². The van der Waals surface area contributed by atoms with Gasteiger partial charge in [0.15, 0.2) is 6.29 Å². The number of hydrogen-bond acceptors (Lipinski definition) is 12. The molecule has 0 bridgehead atoms. The second-order valence-corrected chi connectivity index (χ2v) is 25.0. The second kappa shape index (κ2) is 17.7. The molecule has 1 aromatic heterocycles. The van der Waals surface area contributed by atoms with Gasteiger partial charge in [0.1, 0.15) is 18.3 Å². The zero-order valence-electron chi connectivity index (χ0n) is 41.4. The van der Waals surface area contributed by atoms with E-state index in [0.29, 0.717) is 64.3 Å². The number of nitrogens with one attached hydrogen (secondary N) is 2. The third-order valence-corrected chi connectivity index (χ3v) is 22.3. The van der Waals surface area contributed by atoms with E-state index in [4.69, 9.17) is 15.2 Å². The maximum atomic E-state index is 14.2. The highest BCUT2D eigenvalue weighted by Gasteiger charge is 2.77. The standard InChI is InChI=1S/C54H82N4O11/c1-48(27-59)18-20-52(47(66)67)21-19-50(3)33(34(52)24-48)11-12-37-51(50,4)16-14-36-49(2,28-60)45(69-46-43(65)41(63)35(61)26-68-46)42(64)40(54(36,37)30-9-6-5-7-10-30)31-13-17-53(15-8-22-55,38-25-56-29-57-38)44-32(31)23-39(62)58-44/h11,13,17,25,29-32,34-37,40-46,59-61,63-65H,5-10,12,14-16,18-24,26-28,55H2,1-4H3,(H,56,57)(H,58,62)(H,66,67). The summed E-state index contributed by atoms with van der Waals surface area (Å²) in [5, 5.41) is 84.4. The van der Waals surface area contributed by atoms with Crippen LogP contribution in [0.5, 0.6) is 0 Å². The molecule has 20 atom stereocenters. The number of rotatable bonds is 11. The lowest BCUT2D eigenvalue weighted by atomic mass is 9.28. The number of aliphatic hydroxyl groups is 6. The molecule has 11 N–H and O–H groups in total. The fraction of sp³-hybridized carbons (Fsp3) is 0.833. The summed E-state index contributed by atoms with van der Waals surface area (Å²) in [6.45, 7) is 8.86. The number of fused-ring (bicyclic) bond motifs is 8. The van der Waals surface area contributed by atoms with Gasteiger partial charge in [-0.05, 0) is 141 Å². The fourth-order valence-electron chi connectivity index (χ4n) is 18.6. The Labute approximate surface area is 407 Å². The van der Waals surface area contributed by atoms with Gasteiger partial charge < -0.3 is 61.3 Å². The van der Waals surface area contributed by atoms with Crippen molar-refractivity contribution in [2.75, 3.05) is 26.4 Å². The highest BCUT2D eigenvalue weighted by atomic mass is 16.7. The first-order chi connectivity index (χ1) is 32.9. The number of carboxylic acid groups (broad SMARTS) is 1. The van der Waals surface area contributed by atoms with Gasteiger partial charge in [0.05, 0.1) is 42.6 Å². The van der Waals surface area contributed by atoms with E-state index in [0.717, 1.165) is 44.2 Å². The number of hydrogen-bond donors (Lipinski definition) is 10. The summed E-state index contributed by atoms with van der Waals surface area (Å²) in [6, 6.07) is -0.355. The van der Waals surface area contributed by atoms with Crippen molar-refractivity contribution in [3.05, 3.63) is 42.0 Å². The third-order valence-electron chi connectivity index (χ3n) is 22.3. The molecule has 3 heterocycles. The number of aromatic amines is 1. The quantitative estimate of drug-likeness (QED) is 0.109. The first kappa shape index (κ1) is 49.8. The number of imidazole rings is 1.